The van der Waals surface area contributed by atoms with Gasteiger partial charge in [0.05, 0.1) is 27.5 Å². The molecular formula is C20H22N2O5. The van der Waals surface area contributed by atoms with Crippen LogP contribution in [0.5, 0.6) is 23.0 Å². The number of methoxy groups -OCH3 is 3. The number of hydrogen-bond acceptors (Lipinski definition) is 6. The fourth-order valence-corrected chi connectivity index (χ4v) is 2.31. The first kappa shape index (κ1) is 19.8. The molecule has 0 saturated carbocycles. The van der Waals surface area contributed by atoms with E-state index in [2.05, 4.69) is 17.1 Å². The van der Waals surface area contributed by atoms with Crippen molar-refractivity contribution in [2.24, 2.45) is 5.10 Å². The smallest absolute Gasteiger partial charge is 0.271 e. The van der Waals surface area contributed by atoms with E-state index in [0.29, 0.717) is 40.7 Å². The van der Waals surface area contributed by atoms with Gasteiger partial charge < -0.3 is 18.9 Å². The Morgan fingerprint density at radius 3 is 2.33 bits per heavy atom. The molecule has 0 aliphatic heterocycles. The topological polar surface area (TPSA) is 78.4 Å². The highest BCUT2D eigenvalue weighted by Crippen LogP contribution is 2.38. The van der Waals surface area contributed by atoms with Gasteiger partial charge in [-0.2, -0.15) is 5.10 Å². The maximum absolute atomic E-state index is 12.2. The molecule has 0 heterocycles. The van der Waals surface area contributed by atoms with Crippen LogP contribution in [0.1, 0.15) is 15.9 Å². The maximum atomic E-state index is 12.2. The van der Waals surface area contributed by atoms with Crippen LogP contribution in [-0.2, 0) is 0 Å². The zero-order valence-electron chi connectivity index (χ0n) is 15.5. The number of nitrogens with zero attached hydrogens (tertiary/aromatic N) is 1. The van der Waals surface area contributed by atoms with E-state index in [4.69, 9.17) is 18.9 Å². The second-order valence-electron chi connectivity index (χ2n) is 5.25. The highest BCUT2D eigenvalue weighted by atomic mass is 16.5. The van der Waals surface area contributed by atoms with Gasteiger partial charge in [-0.15, -0.1) is 0 Å². The molecule has 27 heavy (non-hydrogen) atoms. The molecule has 0 spiro atoms. The third-order valence-electron chi connectivity index (χ3n) is 3.59. The molecule has 0 radical (unpaired) electrons. The largest absolute Gasteiger partial charge is 0.493 e. The second-order valence-corrected chi connectivity index (χ2v) is 5.25. The van der Waals surface area contributed by atoms with E-state index in [1.54, 1.807) is 49.6 Å². The Kier molecular flexibility index (Phi) is 7.25. The van der Waals surface area contributed by atoms with Gasteiger partial charge in [0, 0.05) is 11.1 Å². The molecule has 7 nitrogen and oxygen atoms in total. The van der Waals surface area contributed by atoms with Crippen molar-refractivity contribution in [1.29, 1.82) is 0 Å². The molecule has 1 amide bonds. The summed E-state index contributed by atoms with van der Waals surface area (Å²) in [6, 6.07) is 10.2. The van der Waals surface area contributed by atoms with Gasteiger partial charge in [0.15, 0.2) is 11.5 Å². The third kappa shape index (κ3) is 5.01. The van der Waals surface area contributed by atoms with E-state index in [9.17, 15) is 4.79 Å². The Hall–Kier alpha value is -3.48. The number of hydrazone groups is 1. The highest BCUT2D eigenvalue weighted by molar-refractivity contribution is 5.95. The normalized spacial score (nSPS) is 10.3. The molecule has 0 unspecified atom stereocenters. The quantitative estimate of drug-likeness (QED) is 0.417. The van der Waals surface area contributed by atoms with Crippen LogP contribution in [0.4, 0.5) is 0 Å². The molecule has 1 N–H and O–H groups in total. The first-order valence-corrected chi connectivity index (χ1v) is 8.10. The van der Waals surface area contributed by atoms with Crippen molar-refractivity contribution in [2.45, 2.75) is 0 Å². The van der Waals surface area contributed by atoms with Gasteiger partial charge in [-0.1, -0.05) is 12.7 Å². The molecule has 0 saturated heterocycles. The van der Waals surface area contributed by atoms with Crippen LogP contribution >= 0.6 is 0 Å². The van der Waals surface area contributed by atoms with Crippen LogP contribution in [0, 0.1) is 0 Å². The molecule has 0 aliphatic rings. The number of amides is 1. The van der Waals surface area contributed by atoms with Crippen molar-refractivity contribution in [3.63, 3.8) is 0 Å². The Bertz CT molecular complexity index is 816. The summed E-state index contributed by atoms with van der Waals surface area (Å²) >= 11 is 0. The predicted octanol–water partition coefficient (Wildman–Crippen LogP) is 3.04. The number of carbonyl (C=O) groups is 1. The van der Waals surface area contributed by atoms with Crippen LogP contribution in [0.15, 0.2) is 54.2 Å². The lowest BCUT2D eigenvalue weighted by Crippen LogP contribution is -2.17. The van der Waals surface area contributed by atoms with E-state index >= 15 is 0 Å². The molecule has 7 heteroatoms. The van der Waals surface area contributed by atoms with E-state index < -0.39 is 0 Å². The lowest BCUT2D eigenvalue weighted by molar-refractivity contribution is 0.0955. The number of rotatable bonds is 9. The Balaban J connectivity index is 2.08. The van der Waals surface area contributed by atoms with Crippen molar-refractivity contribution in [3.05, 3.63) is 60.2 Å². The second kappa shape index (κ2) is 9.86. The molecule has 142 valence electrons. The highest BCUT2D eigenvalue weighted by Gasteiger charge is 2.14. The van der Waals surface area contributed by atoms with Crippen molar-refractivity contribution in [2.75, 3.05) is 27.9 Å². The number of carbonyl (C=O) groups excluding carboxylic acids is 1. The van der Waals surface area contributed by atoms with E-state index in [-0.39, 0.29) is 5.91 Å². The summed E-state index contributed by atoms with van der Waals surface area (Å²) in [5.74, 6) is 1.75. The Morgan fingerprint density at radius 1 is 1.04 bits per heavy atom. The van der Waals surface area contributed by atoms with Gasteiger partial charge in [-0.25, -0.2) is 5.43 Å². The van der Waals surface area contributed by atoms with Gasteiger partial charge in [0.25, 0.3) is 5.91 Å². The van der Waals surface area contributed by atoms with Crippen LogP contribution in [-0.4, -0.2) is 40.1 Å². The monoisotopic (exact) mass is 370 g/mol. The summed E-state index contributed by atoms with van der Waals surface area (Å²) in [6.07, 6.45) is 3.12. The maximum Gasteiger partial charge on any atom is 0.271 e. The van der Waals surface area contributed by atoms with Crippen molar-refractivity contribution in [3.8, 4) is 23.0 Å². The number of hydrogen-bond donors (Lipinski definition) is 1. The van der Waals surface area contributed by atoms with E-state index in [1.807, 2.05) is 0 Å². The molecule has 0 aliphatic carbocycles. The van der Waals surface area contributed by atoms with Crippen molar-refractivity contribution >= 4 is 12.1 Å². The Morgan fingerprint density at radius 2 is 1.74 bits per heavy atom. The minimum Gasteiger partial charge on any atom is -0.493 e. The van der Waals surface area contributed by atoms with Gasteiger partial charge in [0.2, 0.25) is 5.75 Å². The minimum absolute atomic E-state index is 0.346. The number of nitrogens with one attached hydrogen (secondary N) is 1. The van der Waals surface area contributed by atoms with E-state index in [0.717, 1.165) is 0 Å². The molecule has 0 aromatic heterocycles. The molecule has 0 fully saturated rings. The minimum atomic E-state index is -0.346. The summed E-state index contributed by atoms with van der Waals surface area (Å²) in [4.78, 5) is 12.2. The molecule has 2 aromatic carbocycles. The van der Waals surface area contributed by atoms with Gasteiger partial charge >= 0.3 is 0 Å². The van der Waals surface area contributed by atoms with E-state index in [1.165, 1.54) is 20.4 Å². The third-order valence-corrected chi connectivity index (χ3v) is 3.59. The molecule has 0 bridgehead atoms. The summed E-state index contributed by atoms with van der Waals surface area (Å²) in [5, 5.41) is 3.98. The summed E-state index contributed by atoms with van der Waals surface area (Å²) < 4.78 is 21.3. The fraction of sp³-hybridized carbons (Fsp3) is 0.200. The molecular weight excluding hydrogens is 348 g/mol. The molecule has 2 aromatic rings. The van der Waals surface area contributed by atoms with Crippen LogP contribution in [0.2, 0.25) is 0 Å². The zero-order chi connectivity index (χ0) is 19.6. The average molecular weight is 370 g/mol. The van der Waals surface area contributed by atoms with Crippen molar-refractivity contribution in [1.82, 2.24) is 5.43 Å². The molecule has 2 rings (SSSR count). The van der Waals surface area contributed by atoms with Gasteiger partial charge in [-0.3, -0.25) is 4.79 Å². The van der Waals surface area contributed by atoms with Crippen molar-refractivity contribution < 1.29 is 23.7 Å². The Labute approximate surface area is 158 Å². The first-order valence-electron chi connectivity index (χ1n) is 8.10. The molecule has 0 atom stereocenters. The van der Waals surface area contributed by atoms with Crippen LogP contribution < -0.4 is 24.4 Å². The average Bonchev–Trinajstić information content (AvgIpc) is 2.71. The summed E-state index contributed by atoms with van der Waals surface area (Å²) in [5.41, 5.74) is 3.56. The van der Waals surface area contributed by atoms with Crippen LogP contribution in [0.25, 0.3) is 0 Å². The zero-order valence-corrected chi connectivity index (χ0v) is 15.5. The lowest BCUT2D eigenvalue weighted by atomic mass is 10.2. The predicted molar refractivity (Wildman–Crippen MR) is 103 cm³/mol. The first-order chi connectivity index (χ1) is 13.1. The SMILES string of the molecule is C=CCOc1ccc(C(=O)N/N=C/c2ccc(OC)c(OC)c2OC)cc1. The number of ether oxygens (including phenoxy) is 4. The van der Waals surface area contributed by atoms with Gasteiger partial charge in [-0.05, 0) is 36.4 Å². The van der Waals surface area contributed by atoms with Crippen LogP contribution in [0.3, 0.4) is 0 Å². The fourth-order valence-electron chi connectivity index (χ4n) is 2.31. The van der Waals surface area contributed by atoms with Gasteiger partial charge in [0.1, 0.15) is 12.4 Å². The summed E-state index contributed by atoms with van der Waals surface area (Å²) in [7, 11) is 4.58. The standard InChI is InChI=1S/C20H22N2O5/c1-5-12-27-16-9-6-14(7-10-16)20(23)22-21-13-15-8-11-17(24-2)19(26-4)18(15)25-3/h5-11,13H,1,12H2,2-4H3,(H,22,23)/b21-13+. The number of benzene rings is 2. The lowest BCUT2D eigenvalue weighted by Gasteiger charge is -2.13. The summed E-state index contributed by atoms with van der Waals surface area (Å²) in [6.45, 7) is 3.99.